The third-order valence-electron chi connectivity index (χ3n) is 4.00. The van der Waals surface area contributed by atoms with Gasteiger partial charge in [0.2, 0.25) is 0 Å². The van der Waals surface area contributed by atoms with E-state index in [0.29, 0.717) is 0 Å². The lowest BCUT2D eigenvalue weighted by Gasteiger charge is -2.33. The first-order valence-corrected chi connectivity index (χ1v) is 7.46. The number of hydrogen-bond acceptors (Lipinski definition) is 3. The van der Waals surface area contributed by atoms with Gasteiger partial charge in [-0.3, -0.25) is 10.2 Å². The minimum absolute atomic E-state index is 0.0181. The highest BCUT2D eigenvalue weighted by atomic mass is 19.4. The second-order valence-electron chi connectivity index (χ2n) is 5.79. The molecule has 7 heteroatoms. The quantitative estimate of drug-likeness (QED) is 0.874. The van der Waals surface area contributed by atoms with Crippen LogP contribution in [0.5, 0.6) is 0 Å². The van der Waals surface area contributed by atoms with Crippen molar-refractivity contribution in [1.29, 1.82) is 0 Å². The van der Waals surface area contributed by atoms with E-state index in [0.717, 1.165) is 11.1 Å². The molecule has 1 atom stereocenters. The Morgan fingerprint density at radius 1 is 1.08 bits per heavy atom. The lowest BCUT2D eigenvalue weighted by atomic mass is 10.0. The molecule has 0 saturated carbocycles. The van der Waals surface area contributed by atoms with Gasteiger partial charge in [0.15, 0.2) is 0 Å². The highest BCUT2D eigenvalue weighted by Crippen LogP contribution is 2.41. The smallest absolute Gasteiger partial charge is 0.362 e. The van der Waals surface area contributed by atoms with Crippen LogP contribution in [0.3, 0.4) is 0 Å². The average molecular weight is 348 g/mol. The molecule has 1 amide bonds. The topological polar surface area (TPSA) is 52.6 Å². The molecule has 0 spiro atoms. The SMILES string of the molecule is C=C1CC(O)(C(F)(F)F)N(C(=O)c2ccc(-c3ccccc3)cc2)N1. The van der Waals surface area contributed by atoms with Crippen LogP contribution in [0.1, 0.15) is 16.8 Å². The second kappa shape index (κ2) is 5.93. The van der Waals surface area contributed by atoms with Gasteiger partial charge in [0.05, 0.1) is 0 Å². The summed E-state index contributed by atoms with van der Waals surface area (Å²) in [6, 6.07) is 15.5. The molecule has 1 unspecified atom stereocenters. The van der Waals surface area contributed by atoms with E-state index in [-0.39, 0.29) is 16.3 Å². The molecule has 1 aliphatic rings. The lowest BCUT2D eigenvalue weighted by Crippen LogP contribution is -2.59. The Balaban J connectivity index is 1.89. The summed E-state index contributed by atoms with van der Waals surface area (Å²) in [5, 5.41) is 10.2. The summed E-state index contributed by atoms with van der Waals surface area (Å²) < 4.78 is 39.6. The molecular formula is C18H15F3N2O2. The molecular weight excluding hydrogens is 333 g/mol. The van der Waals surface area contributed by atoms with Crippen LogP contribution in [0.15, 0.2) is 66.9 Å². The van der Waals surface area contributed by atoms with Crippen molar-refractivity contribution in [2.24, 2.45) is 0 Å². The van der Waals surface area contributed by atoms with Gasteiger partial charge in [0.1, 0.15) is 0 Å². The number of halogens is 3. The van der Waals surface area contributed by atoms with E-state index in [1.165, 1.54) is 12.1 Å². The normalized spacial score (nSPS) is 20.5. The van der Waals surface area contributed by atoms with Crippen molar-refractivity contribution >= 4 is 5.91 Å². The molecule has 0 aliphatic carbocycles. The number of nitrogens with zero attached hydrogens (tertiary/aromatic N) is 1. The number of benzene rings is 2. The summed E-state index contributed by atoms with van der Waals surface area (Å²) in [6.07, 6.45) is -5.83. The molecule has 1 saturated heterocycles. The fourth-order valence-electron chi connectivity index (χ4n) is 2.68. The van der Waals surface area contributed by atoms with Crippen molar-refractivity contribution in [2.75, 3.05) is 0 Å². The van der Waals surface area contributed by atoms with Crippen molar-refractivity contribution < 1.29 is 23.1 Å². The molecule has 0 aromatic heterocycles. The number of hydrogen-bond donors (Lipinski definition) is 2. The maximum absolute atomic E-state index is 13.2. The molecule has 1 aliphatic heterocycles. The number of alkyl halides is 3. The fraction of sp³-hybridized carbons (Fsp3) is 0.167. The van der Waals surface area contributed by atoms with Gasteiger partial charge in [-0.2, -0.15) is 13.2 Å². The van der Waals surface area contributed by atoms with Gasteiger partial charge in [0, 0.05) is 17.7 Å². The van der Waals surface area contributed by atoms with Crippen molar-refractivity contribution in [1.82, 2.24) is 10.4 Å². The molecule has 2 aromatic rings. The summed E-state index contributed by atoms with van der Waals surface area (Å²) in [4.78, 5) is 12.5. The Bertz CT molecular complexity index is 803. The van der Waals surface area contributed by atoms with E-state index < -0.39 is 24.2 Å². The van der Waals surface area contributed by atoms with Crippen LogP contribution in [-0.2, 0) is 0 Å². The van der Waals surface area contributed by atoms with Gasteiger partial charge in [-0.05, 0) is 23.3 Å². The standard InChI is InChI=1S/C18H15F3N2O2/c1-12-11-17(25,18(19,20)21)23(22-12)16(24)15-9-7-14(8-10-15)13-5-3-2-4-6-13/h2-10,22,25H,1,11H2. The van der Waals surface area contributed by atoms with E-state index in [4.69, 9.17) is 0 Å². The van der Waals surface area contributed by atoms with Gasteiger partial charge >= 0.3 is 6.18 Å². The van der Waals surface area contributed by atoms with Crippen molar-refractivity contribution in [3.63, 3.8) is 0 Å². The van der Waals surface area contributed by atoms with Gasteiger partial charge < -0.3 is 5.11 Å². The number of nitrogens with one attached hydrogen (secondary N) is 1. The molecule has 4 nitrogen and oxygen atoms in total. The highest BCUT2D eigenvalue weighted by Gasteiger charge is 2.63. The van der Waals surface area contributed by atoms with Crippen molar-refractivity contribution in [3.05, 3.63) is 72.4 Å². The molecule has 1 fully saturated rings. The van der Waals surface area contributed by atoms with Crippen LogP contribution in [0.4, 0.5) is 13.2 Å². The first-order valence-electron chi connectivity index (χ1n) is 7.46. The maximum atomic E-state index is 13.2. The number of carbonyl (C=O) groups excluding carboxylic acids is 1. The Morgan fingerprint density at radius 3 is 2.20 bits per heavy atom. The Labute approximate surface area is 142 Å². The zero-order valence-corrected chi connectivity index (χ0v) is 13.0. The van der Waals surface area contributed by atoms with Crippen LogP contribution < -0.4 is 5.43 Å². The van der Waals surface area contributed by atoms with Gasteiger partial charge in [-0.15, -0.1) is 0 Å². The zero-order chi connectivity index (χ0) is 18.2. The van der Waals surface area contributed by atoms with E-state index >= 15 is 0 Å². The van der Waals surface area contributed by atoms with Crippen LogP contribution in [0.2, 0.25) is 0 Å². The van der Waals surface area contributed by atoms with Crippen LogP contribution in [-0.4, -0.2) is 27.9 Å². The molecule has 2 aromatic carbocycles. The predicted octanol–water partition coefficient (Wildman–Crippen LogP) is 3.47. The number of amides is 1. The lowest BCUT2D eigenvalue weighted by molar-refractivity contribution is -0.299. The van der Waals surface area contributed by atoms with Crippen LogP contribution in [0.25, 0.3) is 11.1 Å². The third-order valence-corrected chi connectivity index (χ3v) is 4.00. The number of carbonyl (C=O) groups is 1. The second-order valence-corrected chi connectivity index (χ2v) is 5.79. The minimum Gasteiger partial charge on any atom is -0.362 e. The molecule has 2 N–H and O–H groups in total. The Hall–Kier alpha value is -2.80. The summed E-state index contributed by atoms with van der Waals surface area (Å²) >= 11 is 0. The fourth-order valence-corrected chi connectivity index (χ4v) is 2.68. The Kier molecular flexibility index (Phi) is 4.04. The summed E-state index contributed by atoms with van der Waals surface area (Å²) in [7, 11) is 0. The molecule has 3 rings (SSSR count). The first kappa shape index (κ1) is 17.0. The monoisotopic (exact) mass is 348 g/mol. The van der Waals surface area contributed by atoms with Crippen molar-refractivity contribution in [2.45, 2.75) is 18.3 Å². The van der Waals surface area contributed by atoms with E-state index in [1.807, 2.05) is 30.3 Å². The largest absolute Gasteiger partial charge is 0.438 e. The third kappa shape index (κ3) is 2.98. The van der Waals surface area contributed by atoms with Gasteiger partial charge in [-0.1, -0.05) is 49.0 Å². The van der Waals surface area contributed by atoms with Gasteiger partial charge in [0.25, 0.3) is 11.6 Å². The van der Waals surface area contributed by atoms with Gasteiger partial charge in [-0.25, -0.2) is 5.01 Å². The van der Waals surface area contributed by atoms with Crippen LogP contribution >= 0.6 is 0 Å². The maximum Gasteiger partial charge on any atom is 0.438 e. The summed E-state index contributed by atoms with van der Waals surface area (Å²) in [5.41, 5.74) is 0.563. The van der Waals surface area contributed by atoms with E-state index in [2.05, 4.69) is 12.0 Å². The number of rotatable bonds is 2. The highest BCUT2D eigenvalue weighted by molar-refractivity contribution is 5.95. The minimum atomic E-state index is -5.01. The number of aliphatic hydroxyl groups is 1. The predicted molar refractivity (Wildman–Crippen MR) is 85.9 cm³/mol. The van der Waals surface area contributed by atoms with Crippen molar-refractivity contribution in [3.8, 4) is 11.1 Å². The molecule has 0 radical (unpaired) electrons. The van der Waals surface area contributed by atoms with Crippen LogP contribution in [0, 0.1) is 0 Å². The average Bonchev–Trinajstić information content (AvgIpc) is 2.91. The molecule has 0 bridgehead atoms. The Morgan fingerprint density at radius 2 is 1.64 bits per heavy atom. The number of hydrazine groups is 1. The molecule has 1 heterocycles. The first-order chi connectivity index (χ1) is 11.7. The summed E-state index contributed by atoms with van der Waals surface area (Å²) in [6.45, 7) is 3.38. The molecule has 25 heavy (non-hydrogen) atoms. The summed E-state index contributed by atoms with van der Waals surface area (Å²) in [5.74, 6) is -0.988. The zero-order valence-electron chi connectivity index (χ0n) is 13.0. The molecule has 130 valence electrons. The van der Waals surface area contributed by atoms with E-state index in [9.17, 15) is 23.1 Å². The van der Waals surface area contributed by atoms with E-state index in [1.54, 1.807) is 12.1 Å².